The van der Waals surface area contributed by atoms with Crippen LogP contribution in [0.2, 0.25) is 0 Å². The van der Waals surface area contributed by atoms with E-state index in [1.807, 2.05) is 22.6 Å². The molecule has 0 bridgehead atoms. The molecule has 0 aliphatic heterocycles. The molecule has 0 N–H and O–H groups in total. The molecule has 25 heavy (non-hydrogen) atoms. The second-order valence-corrected chi connectivity index (χ2v) is 6.33. The lowest BCUT2D eigenvalue weighted by Gasteiger charge is -2.19. The predicted octanol–water partition coefficient (Wildman–Crippen LogP) is 3.23. The molecule has 0 saturated carbocycles. The zero-order valence-corrected chi connectivity index (χ0v) is 15.0. The van der Waals surface area contributed by atoms with Gasteiger partial charge in [-0.25, -0.2) is 4.98 Å². The van der Waals surface area contributed by atoms with E-state index in [0.717, 1.165) is 15.5 Å². The van der Waals surface area contributed by atoms with Crippen LogP contribution >= 0.6 is 22.6 Å². The summed E-state index contributed by atoms with van der Waals surface area (Å²) in [6.07, 6.45) is -2.01. The van der Waals surface area contributed by atoms with Gasteiger partial charge < -0.3 is 9.47 Å². The number of nitrogens with zero attached hydrogens (tertiary/aromatic N) is 4. The zero-order valence-electron chi connectivity index (χ0n) is 12.8. The number of alkyl halides is 3. The van der Waals surface area contributed by atoms with Crippen molar-refractivity contribution in [2.24, 2.45) is 0 Å². The van der Waals surface area contributed by atoms with E-state index in [0.29, 0.717) is 3.57 Å². The number of rotatable bonds is 5. The smallest absolute Gasteiger partial charge is 0.334 e. The third-order valence-corrected chi connectivity index (χ3v) is 4.21. The first kappa shape index (κ1) is 19.1. The molecule has 1 amide bonds. The normalized spacial score (nSPS) is 11.4. The van der Waals surface area contributed by atoms with E-state index in [2.05, 4.69) is 4.98 Å². The lowest BCUT2D eigenvalue weighted by atomic mass is 10.2. The number of benzene rings is 1. The number of carbonyl (C=O) groups is 1. The predicted molar refractivity (Wildman–Crippen MR) is 89.9 cm³/mol. The highest BCUT2D eigenvalue weighted by atomic mass is 127. The molecule has 134 valence electrons. The SMILES string of the molecule is CN(Cc1nccn1CC(F)(F)F)C(=O)c1cc([N+](=O)[O-])ccc1I. The van der Waals surface area contributed by atoms with Crippen LogP contribution in [-0.4, -0.2) is 38.5 Å². The third-order valence-electron chi connectivity index (χ3n) is 3.27. The van der Waals surface area contributed by atoms with Gasteiger partial charge >= 0.3 is 6.18 Å². The maximum atomic E-state index is 12.5. The Bertz CT molecular complexity index is 807. The number of hydrogen-bond acceptors (Lipinski definition) is 4. The summed E-state index contributed by atoms with van der Waals surface area (Å²) >= 11 is 1.86. The maximum Gasteiger partial charge on any atom is 0.406 e. The molecular weight excluding hydrogens is 456 g/mol. The van der Waals surface area contributed by atoms with Gasteiger partial charge in [0, 0.05) is 35.1 Å². The molecule has 0 fully saturated rings. The highest BCUT2D eigenvalue weighted by Gasteiger charge is 2.29. The van der Waals surface area contributed by atoms with Crippen molar-refractivity contribution in [3.05, 3.63) is 55.7 Å². The molecule has 0 spiro atoms. The molecule has 11 heteroatoms. The summed E-state index contributed by atoms with van der Waals surface area (Å²) in [6, 6.07) is 3.85. The van der Waals surface area contributed by atoms with Gasteiger partial charge in [-0.3, -0.25) is 14.9 Å². The number of imidazole rings is 1. The molecule has 2 rings (SSSR count). The highest BCUT2D eigenvalue weighted by Crippen LogP contribution is 2.22. The van der Waals surface area contributed by atoms with Crippen LogP contribution in [0.3, 0.4) is 0 Å². The van der Waals surface area contributed by atoms with Crippen molar-refractivity contribution in [3.8, 4) is 0 Å². The monoisotopic (exact) mass is 468 g/mol. The first-order valence-corrected chi connectivity index (χ1v) is 7.92. The van der Waals surface area contributed by atoms with E-state index in [9.17, 15) is 28.1 Å². The molecule has 0 aliphatic carbocycles. The summed E-state index contributed by atoms with van der Waals surface area (Å²) in [4.78, 5) is 27.7. The lowest BCUT2D eigenvalue weighted by Crippen LogP contribution is -2.29. The number of hydrogen-bond donors (Lipinski definition) is 0. The van der Waals surface area contributed by atoms with Crippen LogP contribution in [0.1, 0.15) is 16.2 Å². The summed E-state index contributed by atoms with van der Waals surface area (Å²) in [7, 11) is 1.39. The minimum absolute atomic E-state index is 0.0635. The Morgan fingerprint density at radius 1 is 1.44 bits per heavy atom. The van der Waals surface area contributed by atoms with Gasteiger partial charge in [0.05, 0.1) is 17.0 Å². The van der Waals surface area contributed by atoms with Crippen LogP contribution in [-0.2, 0) is 13.1 Å². The van der Waals surface area contributed by atoms with E-state index in [1.165, 1.54) is 31.6 Å². The van der Waals surface area contributed by atoms with E-state index in [1.54, 1.807) is 0 Å². The van der Waals surface area contributed by atoms with Gasteiger partial charge in [-0.2, -0.15) is 13.2 Å². The van der Waals surface area contributed by atoms with Crippen LogP contribution in [0.4, 0.5) is 18.9 Å². The number of amides is 1. The van der Waals surface area contributed by atoms with Gasteiger partial charge in [0.2, 0.25) is 0 Å². The standard InChI is InChI=1S/C14H12F3IN4O3/c1-20(7-12-19-4-5-21(12)8-14(15,16)17)13(23)10-6-9(22(24)25)2-3-11(10)18/h2-6H,7-8H2,1H3. The van der Waals surface area contributed by atoms with Crippen molar-refractivity contribution in [2.45, 2.75) is 19.3 Å². The quantitative estimate of drug-likeness (QED) is 0.384. The second-order valence-electron chi connectivity index (χ2n) is 5.17. The van der Waals surface area contributed by atoms with Crippen LogP contribution in [0.5, 0.6) is 0 Å². The number of carbonyl (C=O) groups excluding carboxylic acids is 1. The molecule has 0 unspecified atom stereocenters. The Morgan fingerprint density at radius 2 is 2.12 bits per heavy atom. The second kappa shape index (κ2) is 7.37. The average Bonchev–Trinajstić information content (AvgIpc) is 2.91. The summed E-state index contributed by atoms with van der Waals surface area (Å²) in [5.74, 6) is -0.483. The Labute approximate surface area is 153 Å². The van der Waals surface area contributed by atoms with E-state index >= 15 is 0 Å². The molecule has 7 nitrogen and oxygen atoms in total. The van der Waals surface area contributed by atoms with Crippen LogP contribution in [0.25, 0.3) is 0 Å². The Hall–Kier alpha value is -2.18. The Kier molecular flexibility index (Phi) is 5.65. The van der Waals surface area contributed by atoms with Crippen LogP contribution in [0.15, 0.2) is 30.6 Å². The molecule has 1 aromatic carbocycles. The Balaban J connectivity index is 2.21. The third kappa shape index (κ3) is 4.90. The Morgan fingerprint density at radius 3 is 2.72 bits per heavy atom. The average molecular weight is 468 g/mol. The van der Waals surface area contributed by atoms with Gasteiger partial charge in [-0.05, 0) is 28.7 Å². The van der Waals surface area contributed by atoms with Crippen molar-refractivity contribution in [3.63, 3.8) is 0 Å². The lowest BCUT2D eigenvalue weighted by molar-refractivity contribution is -0.384. The van der Waals surface area contributed by atoms with Crippen molar-refractivity contribution in [1.82, 2.24) is 14.5 Å². The summed E-state index contributed by atoms with van der Waals surface area (Å²) in [5, 5.41) is 10.8. The van der Waals surface area contributed by atoms with Crippen molar-refractivity contribution < 1.29 is 22.9 Å². The number of aromatic nitrogens is 2. The van der Waals surface area contributed by atoms with Crippen LogP contribution in [0, 0.1) is 13.7 Å². The first-order valence-electron chi connectivity index (χ1n) is 6.84. The van der Waals surface area contributed by atoms with Gasteiger partial charge in [-0.15, -0.1) is 0 Å². The molecule has 0 aliphatic rings. The van der Waals surface area contributed by atoms with Crippen molar-refractivity contribution in [1.29, 1.82) is 0 Å². The maximum absolute atomic E-state index is 12.5. The van der Waals surface area contributed by atoms with Gasteiger partial charge in [0.15, 0.2) is 0 Å². The fraction of sp³-hybridized carbons (Fsp3) is 0.286. The molecular formula is C14H12F3IN4O3. The molecule has 0 radical (unpaired) electrons. The number of halogens is 4. The minimum atomic E-state index is -4.41. The molecule has 2 aromatic rings. The minimum Gasteiger partial charge on any atom is -0.334 e. The molecule has 0 atom stereocenters. The van der Waals surface area contributed by atoms with E-state index in [-0.39, 0.29) is 23.6 Å². The van der Waals surface area contributed by atoms with Gasteiger partial charge in [0.1, 0.15) is 12.4 Å². The zero-order chi connectivity index (χ0) is 18.8. The number of non-ortho nitro benzene ring substituents is 1. The molecule has 1 heterocycles. The number of nitro groups is 1. The first-order chi connectivity index (χ1) is 11.6. The van der Waals surface area contributed by atoms with Crippen molar-refractivity contribution >= 4 is 34.2 Å². The summed E-state index contributed by atoms with van der Waals surface area (Å²) in [6.45, 7) is -1.38. The molecule has 1 aromatic heterocycles. The van der Waals surface area contributed by atoms with Gasteiger partial charge in [-0.1, -0.05) is 0 Å². The van der Waals surface area contributed by atoms with E-state index in [4.69, 9.17) is 0 Å². The fourth-order valence-corrected chi connectivity index (χ4v) is 2.68. The highest BCUT2D eigenvalue weighted by molar-refractivity contribution is 14.1. The largest absolute Gasteiger partial charge is 0.406 e. The number of nitro benzene ring substituents is 1. The van der Waals surface area contributed by atoms with Gasteiger partial charge in [0.25, 0.3) is 11.6 Å². The van der Waals surface area contributed by atoms with Crippen molar-refractivity contribution in [2.75, 3.05) is 7.05 Å². The topological polar surface area (TPSA) is 81.3 Å². The fourth-order valence-electron chi connectivity index (χ4n) is 2.11. The van der Waals surface area contributed by atoms with Crippen LogP contribution < -0.4 is 0 Å². The van der Waals surface area contributed by atoms with E-state index < -0.39 is 23.6 Å². The summed E-state index contributed by atoms with van der Waals surface area (Å²) in [5.41, 5.74) is -0.137. The molecule has 0 saturated heterocycles. The summed E-state index contributed by atoms with van der Waals surface area (Å²) < 4.78 is 39.0.